The number of nitriles is 6. The molecule has 0 atom stereocenters. The second kappa shape index (κ2) is 12.6. The molecule has 0 aromatic heterocycles. The second-order valence-electron chi connectivity index (χ2n) is 10.9. The van der Waals surface area contributed by atoms with Crippen molar-refractivity contribution in [2.75, 3.05) is 0 Å². The fourth-order valence-electron chi connectivity index (χ4n) is 6.32. The van der Waals surface area contributed by atoms with Gasteiger partial charge in [0.25, 0.3) is 0 Å². The number of benzene rings is 4. The van der Waals surface area contributed by atoms with Crippen LogP contribution < -0.4 is 9.47 Å². The van der Waals surface area contributed by atoms with Gasteiger partial charge in [-0.1, -0.05) is 48.5 Å². The van der Waals surface area contributed by atoms with Crippen molar-refractivity contribution in [3.63, 3.8) is 0 Å². The summed E-state index contributed by atoms with van der Waals surface area (Å²) in [5.74, 6) is -1.52. The quantitative estimate of drug-likeness (QED) is 0.151. The Bertz CT molecular complexity index is 2410. The molecule has 0 saturated heterocycles. The van der Waals surface area contributed by atoms with E-state index in [4.69, 9.17) is 0 Å². The van der Waals surface area contributed by atoms with Gasteiger partial charge >= 0.3 is 12.7 Å². The van der Waals surface area contributed by atoms with Crippen molar-refractivity contribution < 1.29 is 35.8 Å². The number of alkyl halides is 6. The van der Waals surface area contributed by atoms with Crippen molar-refractivity contribution in [2.24, 2.45) is 0 Å². The van der Waals surface area contributed by atoms with E-state index in [2.05, 4.69) is 9.47 Å². The van der Waals surface area contributed by atoms with Crippen molar-refractivity contribution >= 4 is 22.3 Å². The smallest absolute Gasteiger partial charge is 0.404 e. The van der Waals surface area contributed by atoms with Crippen LogP contribution in [-0.4, -0.2) is 12.7 Å². The highest BCUT2D eigenvalue weighted by Crippen LogP contribution is 2.60. The maximum Gasteiger partial charge on any atom is 0.573 e. The van der Waals surface area contributed by atoms with Gasteiger partial charge in [0.15, 0.2) is 0 Å². The third kappa shape index (κ3) is 5.70. The molecule has 2 aliphatic rings. The van der Waals surface area contributed by atoms with Crippen molar-refractivity contribution in [1.29, 1.82) is 31.6 Å². The number of ether oxygens (including phenoxy) is 2. The summed E-state index contributed by atoms with van der Waals surface area (Å²) >= 11 is 0. The Morgan fingerprint density at radius 2 is 0.827 bits per heavy atom. The highest BCUT2D eigenvalue weighted by molar-refractivity contribution is 6.38. The van der Waals surface area contributed by atoms with Gasteiger partial charge < -0.3 is 9.47 Å². The zero-order valence-corrected chi connectivity index (χ0v) is 25.7. The van der Waals surface area contributed by atoms with Crippen LogP contribution in [0.3, 0.4) is 0 Å². The average molecular weight is 699 g/mol. The van der Waals surface area contributed by atoms with Crippen LogP contribution in [0.5, 0.6) is 11.5 Å². The molecule has 14 heteroatoms. The van der Waals surface area contributed by atoms with Crippen molar-refractivity contribution in [3.8, 4) is 70.2 Å². The van der Waals surface area contributed by atoms with Gasteiger partial charge in [0.2, 0.25) is 0 Å². The first-order chi connectivity index (χ1) is 24.8. The molecule has 248 valence electrons. The monoisotopic (exact) mass is 698 g/mol. The molecule has 0 bridgehead atoms. The third-order valence-corrected chi connectivity index (χ3v) is 8.16. The molecule has 2 aliphatic carbocycles. The van der Waals surface area contributed by atoms with Crippen LogP contribution in [0.15, 0.2) is 83.9 Å². The van der Waals surface area contributed by atoms with Crippen LogP contribution in [0.4, 0.5) is 26.3 Å². The zero-order valence-electron chi connectivity index (χ0n) is 25.7. The Labute approximate surface area is 289 Å². The SMILES string of the molecule is N#CC(C#N)=C1C2=C(C(=C(C#N)C#N)c3ccc(-c4cccc(OC(F)(F)F)c4C#N)cc32)c2cc(-c3cccc(OC(F)(F)F)c3C#N)ccc21. The normalized spacial score (nSPS) is 12.5. The molecule has 8 nitrogen and oxygen atoms in total. The summed E-state index contributed by atoms with van der Waals surface area (Å²) in [6.45, 7) is 0. The predicted molar refractivity (Wildman–Crippen MR) is 170 cm³/mol. The van der Waals surface area contributed by atoms with E-state index in [9.17, 15) is 57.9 Å². The Morgan fingerprint density at radius 3 is 1.13 bits per heavy atom. The predicted octanol–water partition coefficient (Wildman–Crippen LogP) is 9.10. The van der Waals surface area contributed by atoms with Gasteiger partial charge in [-0.2, -0.15) is 31.6 Å². The van der Waals surface area contributed by atoms with Gasteiger partial charge in [-0.05, 0) is 57.6 Å². The zero-order chi connectivity index (χ0) is 37.5. The molecule has 0 heterocycles. The first kappa shape index (κ1) is 34.1. The Hall–Kier alpha value is -7.78. The van der Waals surface area contributed by atoms with E-state index in [-0.39, 0.29) is 77.9 Å². The molecule has 4 aromatic carbocycles. The van der Waals surface area contributed by atoms with Crippen LogP contribution in [0.1, 0.15) is 33.4 Å². The maximum absolute atomic E-state index is 13.2. The molecule has 52 heavy (non-hydrogen) atoms. The highest BCUT2D eigenvalue weighted by Gasteiger charge is 2.41. The van der Waals surface area contributed by atoms with Crippen LogP contribution in [-0.2, 0) is 0 Å². The lowest BCUT2D eigenvalue weighted by molar-refractivity contribution is -0.275. The van der Waals surface area contributed by atoms with Crippen LogP contribution in [0.2, 0.25) is 0 Å². The molecular weight excluding hydrogens is 686 g/mol. The van der Waals surface area contributed by atoms with E-state index < -0.39 is 35.4 Å². The van der Waals surface area contributed by atoms with E-state index in [0.29, 0.717) is 0 Å². The summed E-state index contributed by atoms with van der Waals surface area (Å²) in [4.78, 5) is 0. The van der Waals surface area contributed by atoms with E-state index in [1.807, 2.05) is 24.3 Å². The van der Waals surface area contributed by atoms with Crippen LogP contribution >= 0.6 is 0 Å². The molecule has 0 N–H and O–H groups in total. The minimum absolute atomic E-state index is 0.0292. The number of hydrogen-bond donors (Lipinski definition) is 0. The molecule has 0 radical (unpaired) electrons. The molecule has 0 spiro atoms. The van der Waals surface area contributed by atoms with Gasteiger partial charge in [-0.3, -0.25) is 0 Å². The molecule has 0 saturated carbocycles. The largest absolute Gasteiger partial charge is 0.573 e. The molecule has 0 fully saturated rings. The highest BCUT2D eigenvalue weighted by atomic mass is 19.4. The maximum atomic E-state index is 13.2. The van der Waals surface area contributed by atoms with Crippen molar-refractivity contribution in [1.82, 2.24) is 0 Å². The summed E-state index contributed by atoms with van der Waals surface area (Å²) in [6.07, 6.45) is -10.2. The van der Waals surface area contributed by atoms with Crippen LogP contribution in [0, 0.1) is 68.0 Å². The van der Waals surface area contributed by atoms with E-state index in [1.165, 1.54) is 60.7 Å². The van der Waals surface area contributed by atoms with Crippen molar-refractivity contribution in [3.05, 3.63) is 117 Å². The standard InChI is InChI=1S/C38H12F6N6O2/c39-37(40,41)51-31-5-1-3-23(29(31)17-49)19-7-9-25-27(11-19)35-34(22(15-47)16-48)26-10-8-20(12-28(26)36(35)33(25)21(13-45)14-46)24-4-2-6-32(30(24)18-50)52-38(42,43)44/h1-12H. The van der Waals surface area contributed by atoms with Crippen molar-refractivity contribution in [2.45, 2.75) is 12.7 Å². The lowest BCUT2D eigenvalue weighted by Crippen LogP contribution is -2.18. The molecule has 6 rings (SSSR count). The van der Waals surface area contributed by atoms with Gasteiger partial charge in [0.05, 0.1) is 0 Å². The summed E-state index contributed by atoms with van der Waals surface area (Å²) in [5.41, 5.74) is 0.420. The molecule has 0 aliphatic heterocycles. The number of allylic oxidation sites excluding steroid dienone is 6. The Balaban J connectivity index is 1.66. The summed E-state index contributed by atoms with van der Waals surface area (Å²) < 4.78 is 87.1. The lowest BCUT2D eigenvalue weighted by Gasteiger charge is -2.16. The number of nitrogens with zero attached hydrogens (tertiary/aromatic N) is 6. The summed E-state index contributed by atoms with van der Waals surface area (Å²) in [7, 11) is 0. The average Bonchev–Trinajstić information content (AvgIpc) is 3.60. The third-order valence-electron chi connectivity index (χ3n) is 8.16. The number of fused-ring (bicyclic) bond motifs is 4. The van der Waals surface area contributed by atoms with Crippen LogP contribution in [0.25, 0.3) is 44.5 Å². The second-order valence-corrected chi connectivity index (χ2v) is 10.9. The number of hydrogen-bond acceptors (Lipinski definition) is 8. The summed E-state index contributed by atoms with van der Waals surface area (Å²) in [5, 5.41) is 59.9. The number of halogens is 6. The fraction of sp³-hybridized carbons (Fsp3) is 0.0526. The van der Waals surface area contributed by atoms with Gasteiger partial charge in [0, 0.05) is 33.4 Å². The fourth-order valence-corrected chi connectivity index (χ4v) is 6.32. The van der Waals surface area contributed by atoms with Gasteiger partial charge in [-0.15, -0.1) is 26.3 Å². The van der Waals surface area contributed by atoms with Gasteiger partial charge in [0.1, 0.15) is 70.2 Å². The lowest BCUT2D eigenvalue weighted by atomic mass is 9.86. The Morgan fingerprint density at radius 1 is 0.462 bits per heavy atom. The van der Waals surface area contributed by atoms with E-state index in [0.717, 1.165) is 12.1 Å². The minimum atomic E-state index is -5.10. The minimum Gasteiger partial charge on any atom is -0.404 e. The molecular formula is C38H12F6N6O2. The number of rotatable bonds is 4. The van der Waals surface area contributed by atoms with E-state index >= 15 is 0 Å². The Kier molecular flexibility index (Phi) is 8.26. The molecule has 0 amide bonds. The first-order valence-corrected chi connectivity index (χ1v) is 14.5. The van der Waals surface area contributed by atoms with Gasteiger partial charge in [-0.25, -0.2) is 0 Å². The first-order valence-electron chi connectivity index (χ1n) is 14.5. The summed E-state index contributed by atoms with van der Waals surface area (Å²) in [6, 6.07) is 26.8. The van der Waals surface area contributed by atoms with E-state index in [1.54, 1.807) is 12.1 Å². The molecule has 4 aromatic rings. The molecule has 0 unspecified atom stereocenters. The topological polar surface area (TPSA) is 161 Å².